The van der Waals surface area contributed by atoms with E-state index < -0.39 is 0 Å². The maximum atomic E-state index is 5.57. The first-order valence-corrected chi connectivity index (χ1v) is 4.86. The monoisotopic (exact) mass is 186 g/mol. The van der Waals surface area contributed by atoms with Crippen LogP contribution >= 0.6 is 0 Å². The van der Waals surface area contributed by atoms with Gasteiger partial charge in [0.1, 0.15) is 0 Å². The molecule has 0 aliphatic carbocycles. The highest BCUT2D eigenvalue weighted by molar-refractivity contribution is 4.65. The SMILES string of the molecule is C=CCCCOC(C)OC(C)(C)C. The first kappa shape index (κ1) is 12.7. The van der Waals surface area contributed by atoms with E-state index in [1.165, 1.54) is 0 Å². The smallest absolute Gasteiger partial charge is 0.155 e. The predicted molar refractivity (Wildman–Crippen MR) is 55.7 cm³/mol. The van der Waals surface area contributed by atoms with Crippen LogP contribution in [0.4, 0.5) is 0 Å². The lowest BCUT2D eigenvalue weighted by atomic mass is 10.2. The molecule has 0 aliphatic rings. The molecular weight excluding hydrogens is 164 g/mol. The van der Waals surface area contributed by atoms with E-state index in [4.69, 9.17) is 9.47 Å². The molecule has 0 aromatic rings. The molecule has 0 amide bonds. The van der Waals surface area contributed by atoms with E-state index in [2.05, 4.69) is 6.58 Å². The summed E-state index contributed by atoms with van der Waals surface area (Å²) in [5.74, 6) is 0. The molecule has 0 aliphatic heterocycles. The van der Waals surface area contributed by atoms with E-state index in [0.717, 1.165) is 19.4 Å². The van der Waals surface area contributed by atoms with Crippen molar-refractivity contribution in [3.8, 4) is 0 Å². The predicted octanol–water partition coefficient (Wildman–Crippen LogP) is 3.13. The summed E-state index contributed by atoms with van der Waals surface area (Å²) >= 11 is 0. The van der Waals surface area contributed by atoms with Gasteiger partial charge in [0, 0.05) is 0 Å². The van der Waals surface area contributed by atoms with Gasteiger partial charge in [0.25, 0.3) is 0 Å². The Morgan fingerprint density at radius 3 is 2.46 bits per heavy atom. The number of unbranched alkanes of at least 4 members (excludes halogenated alkanes) is 1. The Bertz CT molecular complexity index is 136. The number of rotatable bonds is 6. The minimum atomic E-state index is -0.127. The molecule has 78 valence electrons. The van der Waals surface area contributed by atoms with Gasteiger partial charge < -0.3 is 9.47 Å². The molecule has 0 spiro atoms. The third-order valence-electron chi connectivity index (χ3n) is 1.42. The molecule has 1 unspecified atom stereocenters. The van der Waals surface area contributed by atoms with Crippen LogP contribution in [-0.2, 0) is 9.47 Å². The zero-order valence-electron chi connectivity index (χ0n) is 9.30. The Morgan fingerprint density at radius 1 is 1.38 bits per heavy atom. The normalized spacial score (nSPS) is 14.2. The van der Waals surface area contributed by atoms with Gasteiger partial charge in [0.05, 0.1) is 12.2 Å². The van der Waals surface area contributed by atoms with Crippen molar-refractivity contribution in [1.82, 2.24) is 0 Å². The number of allylic oxidation sites excluding steroid dienone is 1. The Hall–Kier alpha value is -0.340. The largest absolute Gasteiger partial charge is 0.353 e. The number of ether oxygens (including phenoxy) is 2. The van der Waals surface area contributed by atoms with Crippen LogP contribution in [0.3, 0.4) is 0 Å². The zero-order valence-corrected chi connectivity index (χ0v) is 9.30. The fourth-order valence-electron chi connectivity index (χ4n) is 1.01. The van der Waals surface area contributed by atoms with Crippen LogP contribution < -0.4 is 0 Å². The van der Waals surface area contributed by atoms with E-state index in [9.17, 15) is 0 Å². The van der Waals surface area contributed by atoms with Crippen LogP contribution in [0.25, 0.3) is 0 Å². The van der Waals surface area contributed by atoms with Crippen molar-refractivity contribution >= 4 is 0 Å². The molecule has 0 rings (SSSR count). The fourth-order valence-corrected chi connectivity index (χ4v) is 1.01. The Morgan fingerprint density at radius 2 is 2.00 bits per heavy atom. The number of hydrogen-bond acceptors (Lipinski definition) is 2. The highest BCUT2D eigenvalue weighted by atomic mass is 16.7. The number of hydrogen-bond donors (Lipinski definition) is 0. The van der Waals surface area contributed by atoms with Gasteiger partial charge >= 0.3 is 0 Å². The lowest BCUT2D eigenvalue weighted by Gasteiger charge is -2.24. The summed E-state index contributed by atoms with van der Waals surface area (Å²) in [5.41, 5.74) is -0.127. The van der Waals surface area contributed by atoms with Gasteiger partial charge in [-0.05, 0) is 40.5 Å². The average molecular weight is 186 g/mol. The summed E-state index contributed by atoms with van der Waals surface area (Å²) in [6.07, 6.45) is 3.80. The first-order chi connectivity index (χ1) is 5.95. The van der Waals surface area contributed by atoms with Crippen molar-refractivity contribution in [1.29, 1.82) is 0 Å². The van der Waals surface area contributed by atoms with Crippen LogP contribution in [0, 0.1) is 0 Å². The molecule has 13 heavy (non-hydrogen) atoms. The topological polar surface area (TPSA) is 18.5 Å². The maximum absolute atomic E-state index is 5.57. The van der Waals surface area contributed by atoms with Crippen molar-refractivity contribution in [3.63, 3.8) is 0 Å². The highest BCUT2D eigenvalue weighted by Crippen LogP contribution is 2.11. The molecule has 0 fully saturated rings. The van der Waals surface area contributed by atoms with Gasteiger partial charge in [-0.1, -0.05) is 6.08 Å². The van der Waals surface area contributed by atoms with E-state index in [1.807, 2.05) is 33.8 Å². The van der Waals surface area contributed by atoms with E-state index >= 15 is 0 Å². The van der Waals surface area contributed by atoms with Crippen molar-refractivity contribution in [2.75, 3.05) is 6.61 Å². The maximum Gasteiger partial charge on any atom is 0.155 e. The van der Waals surface area contributed by atoms with Crippen molar-refractivity contribution in [2.24, 2.45) is 0 Å². The van der Waals surface area contributed by atoms with Crippen LogP contribution in [0.5, 0.6) is 0 Å². The van der Waals surface area contributed by atoms with Gasteiger partial charge in [-0.2, -0.15) is 0 Å². The molecule has 0 aromatic heterocycles. The van der Waals surface area contributed by atoms with Crippen molar-refractivity contribution in [3.05, 3.63) is 12.7 Å². The molecule has 0 saturated heterocycles. The molecule has 0 aromatic carbocycles. The van der Waals surface area contributed by atoms with Crippen molar-refractivity contribution in [2.45, 2.75) is 52.4 Å². The molecule has 0 bridgehead atoms. The molecular formula is C11H22O2. The van der Waals surface area contributed by atoms with Crippen LogP contribution in [0.2, 0.25) is 0 Å². The van der Waals surface area contributed by atoms with Gasteiger partial charge in [-0.25, -0.2) is 0 Å². The van der Waals surface area contributed by atoms with Gasteiger partial charge in [0.15, 0.2) is 6.29 Å². The molecule has 0 N–H and O–H groups in total. The van der Waals surface area contributed by atoms with E-state index in [1.54, 1.807) is 0 Å². The van der Waals surface area contributed by atoms with Crippen LogP contribution in [0.15, 0.2) is 12.7 Å². The molecule has 0 heterocycles. The summed E-state index contributed by atoms with van der Waals surface area (Å²) in [6.45, 7) is 12.4. The van der Waals surface area contributed by atoms with Crippen LogP contribution in [0.1, 0.15) is 40.5 Å². The fraction of sp³-hybridized carbons (Fsp3) is 0.818. The second-order valence-electron chi connectivity index (χ2n) is 4.10. The second kappa shape index (κ2) is 6.17. The van der Waals surface area contributed by atoms with Gasteiger partial charge in [0.2, 0.25) is 0 Å². The molecule has 2 nitrogen and oxygen atoms in total. The standard InChI is InChI=1S/C11H22O2/c1-6-7-8-9-12-10(2)13-11(3,4)5/h6,10H,1,7-9H2,2-5H3. The van der Waals surface area contributed by atoms with Crippen molar-refractivity contribution < 1.29 is 9.47 Å². The minimum Gasteiger partial charge on any atom is -0.353 e. The summed E-state index contributed by atoms with van der Waals surface area (Å²) in [5, 5.41) is 0. The lowest BCUT2D eigenvalue weighted by molar-refractivity contribution is -0.185. The molecule has 2 heteroatoms. The van der Waals surface area contributed by atoms with E-state index in [-0.39, 0.29) is 11.9 Å². The lowest BCUT2D eigenvalue weighted by Crippen LogP contribution is -2.27. The molecule has 0 radical (unpaired) electrons. The minimum absolute atomic E-state index is 0.121. The quantitative estimate of drug-likeness (QED) is 0.360. The van der Waals surface area contributed by atoms with Gasteiger partial charge in [-0.3, -0.25) is 0 Å². The molecule has 0 saturated carbocycles. The third kappa shape index (κ3) is 9.57. The Labute approximate surface area is 81.9 Å². The third-order valence-corrected chi connectivity index (χ3v) is 1.42. The zero-order chi connectivity index (χ0) is 10.3. The second-order valence-corrected chi connectivity index (χ2v) is 4.10. The highest BCUT2D eigenvalue weighted by Gasteiger charge is 2.14. The average Bonchev–Trinajstić information content (AvgIpc) is 1.94. The summed E-state index contributed by atoms with van der Waals surface area (Å²) in [4.78, 5) is 0. The Kier molecular flexibility index (Phi) is 6.00. The van der Waals surface area contributed by atoms with Crippen LogP contribution in [-0.4, -0.2) is 18.5 Å². The summed E-state index contributed by atoms with van der Waals surface area (Å²) < 4.78 is 11.0. The first-order valence-electron chi connectivity index (χ1n) is 4.86. The summed E-state index contributed by atoms with van der Waals surface area (Å²) in [7, 11) is 0. The Balaban J connectivity index is 3.40. The van der Waals surface area contributed by atoms with Gasteiger partial charge in [-0.15, -0.1) is 6.58 Å². The molecule has 1 atom stereocenters. The summed E-state index contributed by atoms with van der Waals surface area (Å²) in [6, 6.07) is 0. The van der Waals surface area contributed by atoms with E-state index in [0.29, 0.717) is 0 Å².